The van der Waals surface area contributed by atoms with Crippen LogP contribution in [0.5, 0.6) is 0 Å². The summed E-state index contributed by atoms with van der Waals surface area (Å²) in [4.78, 5) is 38.5. The molecule has 2 amide bonds. The van der Waals surface area contributed by atoms with Crippen molar-refractivity contribution in [3.05, 3.63) is 0 Å². The van der Waals surface area contributed by atoms with Crippen molar-refractivity contribution < 1.29 is 33.3 Å². The van der Waals surface area contributed by atoms with E-state index in [2.05, 4.69) is 0 Å². The summed E-state index contributed by atoms with van der Waals surface area (Å²) < 4.78 is 20.4. The normalized spacial score (nSPS) is 16.7. The molecule has 1 rings (SSSR count). The number of nitrogens with zero attached hydrogens (tertiary/aromatic N) is 2. The molecule has 9 heteroatoms. The molecule has 1 atom stereocenters. The molecule has 0 aromatic heterocycles. The summed E-state index contributed by atoms with van der Waals surface area (Å²) in [5.74, 6) is -0.993. The molecule has 9 nitrogen and oxygen atoms in total. The highest BCUT2D eigenvalue weighted by Gasteiger charge is 2.33. The predicted octanol–water partition coefficient (Wildman–Crippen LogP) is 0.823. The lowest BCUT2D eigenvalue weighted by molar-refractivity contribution is -0.157. The first kappa shape index (κ1) is 21.2. The molecule has 0 bridgehead atoms. The highest BCUT2D eigenvalue weighted by Crippen LogP contribution is 2.13. The third-order valence-corrected chi connectivity index (χ3v) is 3.82. The molecule has 1 unspecified atom stereocenters. The third kappa shape index (κ3) is 6.87. The van der Waals surface area contributed by atoms with Gasteiger partial charge in [0.1, 0.15) is 26.2 Å². The zero-order valence-corrected chi connectivity index (χ0v) is 15.4. The molecular weight excluding hydrogens is 332 g/mol. The molecule has 0 aromatic carbocycles. The fourth-order valence-corrected chi connectivity index (χ4v) is 2.30. The maximum absolute atomic E-state index is 12.2. The average molecular weight is 360 g/mol. The van der Waals surface area contributed by atoms with Crippen LogP contribution in [0.4, 0.5) is 4.79 Å². The van der Waals surface area contributed by atoms with Crippen LogP contribution in [0.1, 0.15) is 26.7 Å². The van der Waals surface area contributed by atoms with Gasteiger partial charge in [-0.2, -0.15) is 0 Å². The van der Waals surface area contributed by atoms with Crippen molar-refractivity contribution in [1.82, 2.24) is 9.80 Å². The Balaban J connectivity index is 2.46. The van der Waals surface area contributed by atoms with Gasteiger partial charge < -0.3 is 18.9 Å². The fraction of sp³-hybridized carbons (Fsp3) is 0.812. The van der Waals surface area contributed by atoms with Gasteiger partial charge in [-0.1, -0.05) is 13.8 Å². The lowest BCUT2D eigenvalue weighted by atomic mass is 10.1. The number of carbonyl (C=O) groups excluding carboxylic acids is 3. The number of carbonyl (C=O) groups is 3. The van der Waals surface area contributed by atoms with Gasteiger partial charge in [-0.05, 0) is 6.42 Å². The number of methoxy groups -OCH3 is 2. The number of urea groups is 1. The Kier molecular flexibility index (Phi) is 9.22. The van der Waals surface area contributed by atoms with Gasteiger partial charge in [0.2, 0.25) is 0 Å². The quantitative estimate of drug-likeness (QED) is 0.532. The first-order chi connectivity index (χ1) is 11.9. The summed E-state index contributed by atoms with van der Waals surface area (Å²) in [6.45, 7) is 4.32. The van der Waals surface area contributed by atoms with E-state index in [1.807, 2.05) is 6.92 Å². The second-order valence-electron chi connectivity index (χ2n) is 5.90. The maximum Gasteiger partial charge on any atom is 0.323 e. The molecule has 144 valence electrons. The van der Waals surface area contributed by atoms with Gasteiger partial charge in [0.05, 0.1) is 25.4 Å². The van der Waals surface area contributed by atoms with Crippen LogP contribution in [0.25, 0.3) is 0 Å². The van der Waals surface area contributed by atoms with Gasteiger partial charge in [0.25, 0.3) is 0 Å². The van der Waals surface area contributed by atoms with Gasteiger partial charge in [-0.15, -0.1) is 0 Å². The number of esters is 2. The summed E-state index contributed by atoms with van der Waals surface area (Å²) in [6.07, 6.45) is 0.159. The topological polar surface area (TPSA) is 94.6 Å². The van der Waals surface area contributed by atoms with E-state index in [9.17, 15) is 14.4 Å². The van der Waals surface area contributed by atoms with Crippen molar-refractivity contribution in [2.45, 2.75) is 32.8 Å². The Hall–Kier alpha value is -1.87. The molecule has 1 aliphatic rings. The largest absolute Gasteiger partial charge is 0.465 e. The van der Waals surface area contributed by atoms with Crippen LogP contribution in [-0.4, -0.2) is 81.3 Å². The predicted molar refractivity (Wildman–Crippen MR) is 87.5 cm³/mol. The number of ether oxygens (including phenoxy) is 4. The van der Waals surface area contributed by atoms with Gasteiger partial charge in [0, 0.05) is 14.2 Å². The smallest absolute Gasteiger partial charge is 0.323 e. The number of hydrogen-bond acceptors (Lipinski definition) is 7. The highest BCUT2D eigenvalue weighted by atomic mass is 16.6. The first-order valence-corrected chi connectivity index (χ1v) is 8.30. The van der Waals surface area contributed by atoms with Crippen molar-refractivity contribution in [3.8, 4) is 0 Å². The van der Waals surface area contributed by atoms with E-state index in [-0.39, 0.29) is 57.5 Å². The van der Waals surface area contributed by atoms with Gasteiger partial charge in [-0.25, -0.2) is 4.79 Å². The molecule has 0 spiro atoms. The Morgan fingerprint density at radius 1 is 1.16 bits per heavy atom. The lowest BCUT2D eigenvalue weighted by Gasteiger charge is -2.38. The monoisotopic (exact) mass is 360 g/mol. The molecule has 1 heterocycles. The number of amides is 2. The van der Waals surface area contributed by atoms with Crippen LogP contribution >= 0.6 is 0 Å². The van der Waals surface area contributed by atoms with E-state index >= 15 is 0 Å². The van der Waals surface area contributed by atoms with E-state index < -0.39 is 12.1 Å². The zero-order valence-electron chi connectivity index (χ0n) is 15.4. The van der Waals surface area contributed by atoms with E-state index in [1.165, 1.54) is 24.0 Å². The Morgan fingerprint density at radius 2 is 1.72 bits per heavy atom. The van der Waals surface area contributed by atoms with Crippen molar-refractivity contribution >= 4 is 18.0 Å². The minimum Gasteiger partial charge on any atom is -0.465 e. The molecule has 0 aliphatic carbocycles. The van der Waals surface area contributed by atoms with Crippen LogP contribution in [0.3, 0.4) is 0 Å². The zero-order chi connectivity index (χ0) is 18.8. The van der Waals surface area contributed by atoms with Crippen LogP contribution < -0.4 is 0 Å². The van der Waals surface area contributed by atoms with E-state index in [4.69, 9.17) is 18.9 Å². The molecule has 0 aromatic rings. The van der Waals surface area contributed by atoms with Crippen molar-refractivity contribution in [2.75, 3.05) is 47.4 Å². The number of rotatable bonds is 10. The fourth-order valence-electron chi connectivity index (χ4n) is 2.30. The van der Waals surface area contributed by atoms with Gasteiger partial charge >= 0.3 is 18.0 Å². The molecule has 25 heavy (non-hydrogen) atoms. The van der Waals surface area contributed by atoms with Crippen LogP contribution in [0.15, 0.2) is 0 Å². The van der Waals surface area contributed by atoms with E-state index in [0.29, 0.717) is 6.42 Å². The van der Waals surface area contributed by atoms with Crippen molar-refractivity contribution in [3.63, 3.8) is 0 Å². The summed E-state index contributed by atoms with van der Waals surface area (Å²) in [5.41, 5.74) is 0. The molecule has 0 N–H and O–H groups in total. The summed E-state index contributed by atoms with van der Waals surface area (Å²) in [7, 11) is 2.96. The molecular formula is C16H28N2O7. The van der Waals surface area contributed by atoms with Crippen molar-refractivity contribution in [1.29, 1.82) is 0 Å². The van der Waals surface area contributed by atoms with Crippen molar-refractivity contribution in [2.24, 2.45) is 5.92 Å². The SMILES string of the molecule is CCC(C)C(=O)OCCC(=O)OC1CN(COC)C(=O)N(COC)C1. The third-order valence-electron chi connectivity index (χ3n) is 3.82. The van der Waals surface area contributed by atoms with E-state index in [1.54, 1.807) is 6.92 Å². The highest BCUT2D eigenvalue weighted by molar-refractivity contribution is 5.76. The second-order valence-corrected chi connectivity index (χ2v) is 5.90. The average Bonchev–Trinajstić information content (AvgIpc) is 2.58. The molecule has 0 radical (unpaired) electrons. The van der Waals surface area contributed by atoms with Crippen LogP contribution in [0, 0.1) is 5.92 Å². The standard InChI is InChI=1S/C16H28N2O7/c1-5-12(2)15(20)24-7-6-14(19)25-13-8-17(10-22-3)16(21)18(9-13)11-23-4/h12-13H,5-11H2,1-4H3. The molecule has 1 aliphatic heterocycles. The summed E-state index contributed by atoms with van der Waals surface area (Å²) >= 11 is 0. The minimum absolute atomic E-state index is 0.0166. The van der Waals surface area contributed by atoms with Crippen LogP contribution in [-0.2, 0) is 28.5 Å². The Morgan fingerprint density at radius 3 is 2.20 bits per heavy atom. The summed E-state index contributed by atoms with van der Waals surface area (Å²) in [6, 6.07) is -0.238. The minimum atomic E-state index is -0.499. The lowest BCUT2D eigenvalue weighted by Crippen LogP contribution is -2.57. The molecule has 1 saturated heterocycles. The van der Waals surface area contributed by atoms with Gasteiger partial charge in [-0.3, -0.25) is 19.4 Å². The maximum atomic E-state index is 12.2. The molecule has 0 saturated carbocycles. The van der Waals surface area contributed by atoms with E-state index in [0.717, 1.165) is 0 Å². The first-order valence-electron chi connectivity index (χ1n) is 8.30. The van der Waals surface area contributed by atoms with Crippen LogP contribution in [0.2, 0.25) is 0 Å². The second kappa shape index (κ2) is 10.9. The Labute approximate surface area is 148 Å². The van der Waals surface area contributed by atoms with Gasteiger partial charge in [0.15, 0.2) is 0 Å². The number of hydrogen-bond donors (Lipinski definition) is 0. The summed E-state index contributed by atoms with van der Waals surface area (Å²) in [5, 5.41) is 0. The molecule has 1 fully saturated rings. The Bertz CT molecular complexity index is 440.